The first-order chi connectivity index (χ1) is 12.7. The van der Waals surface area contributed by atoms with E-state index >= 15 is 0 Å². The average Bonchev–Trinajstić information content (AvgIpc) is 3.12. The number of imidazole rings is 1. The van der Waals surface area contributed by atoms with E-state index in [0.29, 0.717) is 22.9 Å². The smallest absolute Gasteiger partial charge is 0.274 e. The Morgan fingerprint density at radius 2 is 1.88 bits per heavy atom. The molecule has 6 nitrogen and oxygen atoms in total. The summed E-state index contributed by atoms with van der Waals surface area (Å²) in [5.74, 6) is 0.894. The molecule has 2 aromatic carbocycles. The summed E-state index contributed by atoms with van der Waals surface area (Å²) in [6, 6.07) is 14.9. The van der Waals surface area contributed by atoms with Gasteiger partial charge in [0, 0.05) is 11.8 Å². The number of benzene rings is 2. The molecule has 0 spiro atoms. The molecule has 1 aromatic heterocycles. The van der Waals surface area contributed by atoms with Crippen LogP contribution in [0.4, 0.5) is 5.69 Å². The van der Waals surface area contributed by atoms with Gasteiger partial charge in [0.1, 0.15) is 17.2 Å². The second-order valence-corrected chi connectivity index (χ2v) is 6.09. The van der Waals surface area contributed by atoms with E-state index in [1.807, 2.05) is 41.2 Å². The topological polar surface area (TPSA) is 65.4 Å². The third kappa shape index (κ3) is 3.52. The van der Waals surface area contributed by atoms with E-state index in [-0.39, 0.29) is 5.91 Å². The lowest BCUT2D eigenvalue weighted by Crippen LogP contribution is -2.17. The van der Waals surface area contributed by atoms with Crippen LogP contribution in [-0.2, 0) is 0 Å². The van der Waals surface area contributed by atoms with Crippen molar-refractivity contribution in [1.29, 1.82) is 0 Å². The van der Waals surface area contributed by atoms with Crippen molar-refractivity contribution in [1.82, 2.24) is 9.55 Å². The van der Waals surface area contributed by atoms with Gasteiger partial charge in [-0.1, -0.05) is 30.0 Å². The number of carbonyl (C=O) groups is 1. The lowest BCUT2D eigenvalue weighted by molar-refractivity contribution is 0.101. The molecule has 0 aliphatic heterocycles. The molecule has 1 N–H and O–H groups in total. The predicted molar refractivity (Wildman–Crippen MR) is 103 cm³/mol. The first-order valence-corrected chi connectivity index (χ1v) is 9.11. The number of amides is 1. The van der Waals surface area contributed by atoms with Crippen molar-refractivity contribution in [2.75, 3.05) is 25.8 Å². The van der Waals surface area contributed by atoms with Crippen LogP contribution in [0.3, 0.4) is 0 Å². The Labute approximate surface area is 156 Å². The van der Waals surface area contributed by atoms with E-state index in [0.717, 1.165) is 10.8 Å². The highest BCUT2D eigenvalue weighted by Gasteiger charge is 2.19. The highest BCUT2D eigenvalue weighted by atomic mass is 32.2. The van der Waals surface area contributed by atoms with Crippen LogP contribution >= 0.6 is 11.8 Å². The normalized spacial score (nSPS) is 10.4. The summed E-state index contributed by atoms with van der Waals surface area (Å²) in [6.45, 7) is 0. The van der Waals surface area contributed by atoms with Gasteiger partial charge in [-0.25, -0.2) is 4.98 Å². The van der Waals surface area contributed by atoms with E-state index in [1.165, 1.54) is 11.8 Å². The number of nitrogens with zero attached hydrogens (tertiary/aromatic N) is 2. The minimum absolute atomic E-state index is 0.284. The predicted octanol–water partition coefficient (Wildman–Crippen LogP) is 3.86. The Balaban J connectivity index is 1.98. The van der Waals surface area contributed by atoms with Crippen LogP contribution in [0.1, 0.15) is 10.5 Å². The third-order valence-electron chi connectivity index (χ3n) is 3.81. The zero-order valence-electron chi connectivity index (χ0n) is 14.7. The summed E-state index contributed by atoms with van der Waals surface area (Å²) in [6.07, 6.45) is 3.50. The van der Waals surface area contributed by atoms with Crippen LogP contribution in [-0.4, -0.2) is 35.9 Å². The number of thioether (sulfide) groups is 1. The minimum Gasteiger partial charge on any atom is -0.497 e. The van der Waals surface area contributed by atoms with E-state index in [4.69, 9.17) is 9.47 Å². The monoisotopic (exact) mass is 369 g/mol. The van der Waals surface area contributed by atoms with Crippen LogP contribution in [0.5, 0.6) is 11.5 Å². The molecule has 0 saturated heterocycles. The lowest BCUT2D eigenvalue weighted by atomic mass is 10.2. The molecule has 0 radical (unpaired) electrons. The lowest BCUT2D eigenvalue weighted by Gasteiger charge is -2.13. The van der Waals surface area contributed by atoms with Gasteiger partial charge in [-0.15, -0.1) is 0 Å². The molecule has 0 aliphatic carbocycles. The molecule has 26 heavy (non-hydrogen) atoms. The van der Waals surface area contributed by atoms with Crippen molar-refractivity contribution in [2.24, 2.45) is 0 Å². The van der Waals surface area contributed by atoms with Gasteiger partial charge in [0.15, 0.2) is 5.16 Å². The van der Waals surface area contributed by atoms with Crippen LogP contribution in [0.15, 0.2) is 59.9 Å². The third-order valence-corrected chi connectivity index (χ3v) is 4.47. The molecule has 3 rings (SSSR count). The number of carbonyl (C=O) groups excluding carboxylic acids is 1. The van der Waals surface area contributed by atoms with E-state index in [1.54, 1.807) is 38.6 Å². The Morgan fingerprint density at radius 3 is 2.54 bits per heavy atom. The van der Waals surface area contributed by atoms with Gasteiger partial charge >= 0.3 is 0 Å². The Morgan fingerprint density at radius 1 is 1.12 bits per heavy atom. The minimum atomic E-state index is -0.284. The number of anilines is 1. The molecule has 0 atom stereocenters. The van der Waals surface area contributed by atoms with Gasteiger partial charge in [-0.3, -0.25) is 9.36 Å². The second-order valence-electron chi connectivity index (χ2n) is 5.32. The van der Waals surface area contributed by atoms with E-state index in [9.17, 15) is 4.79 Å². The number of ether oxygens (including phenoxy) is 2. The van der Waals surface area contributed by atoms with E-state index in [2.05, 4.69) is 10.3 Å². The van der Waals surface area contributed by atoms with Crippen molar-refractivity contribution >= 4 is 23.4 Å². The maximum absolute atomic E-state index is 12.9. The van der Waals surface area contributed by atoms with Gasteiger partial charge in [0.05, 0.1) is 26.1 Å². The summed E-state index contributed by atoms with van der Waals surface area (Å²) >= 11 is 1.48. The number of aromatic nitrogens is 2. The summed E-state index contributed by atoms with van der Waals surface area (Å²) in [5.41, 5.74) is 1.84. The summed E-state index contributed by atoms with van der Waals surface area (Å²) in [7, 11) is 3.13. The maximum Gasteiger partial charge on any atom is 0.274 e. The molecule has 1 amide bonds. The molecule has 0 aliphatic rings. The molecule has 1 heterocycles. The van der Waals surface area contributed by atoms with Crippen LogP contribution in [0.2, 0.25) is 0 Å². The second kappa shape index (κ2) is 7.97. The number of nitrogens with one attached hydrogen (secondary N) is 1. The molecule has 0 fully saturated rings. The number of para-hydroxylation sites is 1. The molecular formula is C19H19N3O3S. The average molecular weight is 369 g/mol. The summed E-state index contributed by atoms with van der Waals surface area (Å²) < 4.78 is 12.4. The zero-order valence-corrected chi connectivity index (χ0v) is 15.5. The standard InChI is InChI=1S/C19H19N3O3S/c1-24-14-9-10-17(25-2)15(11-14)21-18(23)16-12-20-19(26-3)22(16)13-7-5-4-6-8-13/h4-12H,1-3H3,(H,21,23). The van der Waals surface area contributed by atoms with E-state index < -0.39 is 0 Å². The van der Waals surface area contributed by atoms with Crippen molar-refractivity contribution in [3.05, 3.63) is 60.4 Å². The quantitative estimate of drug-likeness (QED) is 0.668. The SMILES string of the molecule is COc1ccc(OC)c(NC(=O)c2cnc(SC)n2-c2ccccc2)c1. The number of hydrogen-bond acceptors (Lipinski definition) is 5. The zero-order chi connectivity index (χ0) is 18.5. The summed E-state index contributed by atoms with van der Waals surface area (Å²) in [4.78, 5) is 17.3. The molecule has 0 saturated carbocycles. The van der Waals surface area contributed by atoms with Crippen molar-refractivity contribution in [3.8, 4) is 17.2 Å². The molecule has 134 valence electrons. The Kier molecular flexibility index (Phi) is 5.48. The highest BCUT2D eigenvalue weighted by Crippen LogP contribution is 2.30. The molecule has 3 aromatic rings. The van der Waals surface area contributed by atoms with Gasteiger partial charge < -0.3 is 14.8 Å². The van der Waals surface area contributed by atoms with Gasteiger partial charge in [0.2, 0.25) is 0 Å². The fourth-order valence-corrected chi connectivity index (χ4v) is 3.11. The van der Waals surface area contributed by atoms with Crippen molar-refractivity contribution in [3.63, 3.8) is 0 Å². The van der Waals surface area contributed by atoms with Crippen LogP contribution in [0, 0.1) is 0 Å². The molecule has 7 heteroatoms. The number of methoxy groups -OCH3 is 2. The van der Waals surface area contributed by atoms with Gasteiger partial charge in [-0.05, 0) is 30.5 Å². The van der Waals surface area contributed by atoms with Gasteiger partial charge in [-0.2, -0.15) is 0 Å². The Hall–Kier alpha value is -2.93. The maximum atomic E-state index is 12.9. The largest absolute Gasteiger partial charge is 0.497 e. The van der Waals surface area contributed by atoms with Crippen molar-refractivity contribution < 1.29 is 14.3 Å². The number of hydrogen-bond donors (Lipinski definition) is 1. The first-order valence-electron chi connectivity index (χ1n) is 7.88. The Bertz CT molecular complexity index is 910. The fraction of sp³-hybridized carbons (Fsp3) is 0.158. The highest BCUT2D eigenvalue weighted by molar-refractivity contribution is 7.98. The molecule has 0 bridgehead atoms. The van der Waals surface area contributed by atoms with Crippen LogP contribution in [0.25, 0.3) is 5.69 Å². The molecular weight excluding hydrogens is 350 g/mol. The number of rotatable bonds is 6. The molecule has 0 unspecified atom stereocenters. The van der Waals surface area contributed by atoms with Gasteiger partial charge in [0.25, 0.3) is 5.91 Å². The van der Waals surface area contributed by atoms with Crippen molar-refractivity contribution in [2.45, 2.75) is 5.16 Å². The van der Waals surface area contributed by atoms with Crippen LogP contribution < -0.4 is 14.8 Å². The first kappa shape index (κ1) is 17.9. The fourth-order valence-electron chi connectivity index (χ4n) is 2.56. The summed E-state index contributed by atoms with van der Waals surface area (Å²) in [5, 5.41) is 3.62.